The SMILES string of the molecule is CC(C)c1ccc(COc2ccc(-c3cn4cc([N+](=O)[O-])ccc4n3)cc2)cc1. The van der Waals surface area contributed by atoms with Gasteiger partial charge < -0.3 is 4.74 Å². The Morgan fingerprint density at radius 1 is 1.00 bits per heavy atom. The van der Waals surface area contributed by atoms with E-state index in [9.17, 15) is 10.1 Å². The second kappa shape index (κ2) is 7.75. The Bertz CT molecular complexity index is 1150. The Morgan fingerprint density at radius 2 is 1.72 bits per heavy atom. The fraction of sp³-hybridized carbons (Fsp3) is 0.174. The Balaban J connectivity index is 1.46. The number of fused-ring (bicyclic) bond motifs is 1. The number of rotatable bonds is 6. The van der Waals surface area contributed by atoms with Crippen LogP contribution in [-0.2, 0) is 6.61 Å². The minimum atomic E-state index is -0.415. The molecule has 2 aromatic heterocycles. The van der Waals surface area contributed by atoms with Gasteiger partial charge >= 0.3 is 0 Å². The molecule has 0 aliphatic carbocycles. The third-order valence-electron chi connectivity index (χ3n) is 4.85. The van der Waals surface area contributed by atoms with Gasteiger partial charge in [0.05, 0.1) is 16.8 Å². The number of hydrogen-bond donors (Lipinski definition) is 0. The van der Waals surface area contributed by atoms with Crippen molar-refractivity contribution in [2.75, 3.05) is 0 Å². The van der Waals surface area contributed by atoms with E-state index in [0.29, 0.717) is 18.2 Å². The first-order valence-corrected chi connectivity index (χ1v) is 9.45. The molecule has 29 heavy (non-hydrogen) atoms. The van der Waals surface area contributed by atoms with Gasteiger partial charge in [-0.3, -0.25) is 14.5 Å². The summed E-state index contributed by atoms with van der Waals surface area (Å²) in [6.45, 7) is 4.87. The van der Waals surface area contributed by atoms with Gasteiger partial charge in [-0.1, -0.05) is 38.1 Å². The van der Waals surface area contributed by atoms with E-state index in [1.54, 1.807) is 16.7 Å². The summed E-state index contributed by atoms with van der Waals surface area (Å²) in [7, 11) is 0. The van der Waals surface area contributed by atoms with Crippen LogP contribution in [0.4, 0.5) is 5.69 Å². The first-order chi connectivity index (χ1) is 14.0. The quantitative estimate of drug-likeness (QED) is 0.318. The predicted octanol–water partition coefficient (Wildman–Crippen LogP) is 5.61. The number of imidazole rings is 1. The van der Waals surface area contributed by atoms with Crippen LogP contribution in [0.2, 0.25) is 0 Å². The van der Waals surface area contributed by atoms with Crippen LogP contribution in [0, 0.1) is 10.1 Å². The molecule has 4 aromatic rings. The molecular weight excluding hydrogens is 366 g/mol. The molecule has 2 heterocycles. The molecule has 6 nitrogen and oxygen atoms in total. The van der Waals surface area contributed by atoms with Gasteiger partial charge in [0.1, 0.15) is 18.0 Å². The van der Waals surface area contributed by atoms with Gasteiger partial charge in [0.15, 0.2) is 0 Å². The molecule has 0 aliphatic heterocycles. The van der Waals surface area contributed by atoms with Crippen molar-refractivity contribution in [3.05, 3.63) is 94.3 Å². The molecule has 0 radical (unpaired) electrons. The molecule has 0 saturated carbocycles. The van der Waals surface area contributed by atoms with Crippen molar-refractivity contribution >= 4 is 11.3 Å². The molecule has 0 saturated heterocycles. The van der Waals surface area contributed by atoms with E-state index in [1.807, 2.05) is 24.3 Å². The third kappa shape index (κ3) is 4.11. The number of nitro groups is 1. The maximum absolute atomic E-state index is 10.9. The molecule has 0 fully saturated rings. The van der Waals surface area contributed by atoms with E-state index in [2.05, 4.69) is 43.1 Å². The normalized spacial score (nSPS) is 11.1. The summed E-state index contributed by atoms with van der Waals surface area (Å²) >= 11 is 0. The van der Waals surface area contributed by atoms with E-state index >= 15 is 0 Å². The summed E-state index contributed by atoms with van der Waals surface area (Å²) in [4.78, 5) is 15.0. The van der Waals surface area contributed by atoms with Gasteiger partial charge in [-0.2, -0.15) is 0 Å². The highest BCUT2D eigenvalue weighted by Gasteiger charge is 2.10. The zero-order valence-corrected chi connectivity index (χ0v) is 16.3. The lowest BCUT2D eigenvalue weighted by atomic mass is 10.0. The maximum Gasteiger partial charge on any atom is 0.286 e. The van der Waals surface area contributed by atoms with E-state index in [0.717, 1.165) is 22.6 Å². The summed E-state index contributed by atoms with van der Waals surface area (Å²) < 4.78 is 7.55. The highest BCUT2D eigenvalue weighted by molar-refractivity contribution is 5.63. The summed E-state index contributed by atoms with van der Waals surface area (Å²) in [5.74, 6) is 1.30. The minimum Gasteiger partial charge on any atom is -0.489 e. The molecule has 0 amide bonds. The standard InChI is InChI=1S/C23H21N3O3/c1-16(2)18-5-3-17(4-6-18)15-29-21-10-7-19(8-11-21)22-14-25-13-20(26(27)28)9-12-23(25)24-22/h3-14,16H,15H2,1-2H3. The van der Waals surface area contributed by atoms with Crippen molar-refractivity contribution in [1.82, 2.24) is 9.38 Å². The molecule has 6 heteroatoms. The number of nitrogens with zero attached hydrogens (tertiary/aromatic N) is 3. The molecule has 0 N–H and O–H groups in total. The van der Waals surface area contributed by atoms with Crippen LogP contribution in [0.3, 0.4) is 0 Å². The van der Waals surface area contributed by atoms with Crippen molar-refractivity contribution in [1.29, 1.82) is 0 Å². The highest BCUT2D eigenvalue weighted by Crippen LogP contribution is 2.24. The van der Waals surface area contributed by atoms with Crippen molar-refractivity contribution in [2.24, 2.45) is 0 Å². The summed E-state index contributed by atoms with van der Waals surface area (Å²) in [5.41, 5.74) is 4.81. The molecule has 0 atom stereocenters. The zero-order valence-electron chi connectivity index (χ0n) is 16.3. The van der Waals surface area contributed by atoms with Gasteiger partial charge in [-0.25, -0.2) is 4.98 Å². The van der Waals surface area contributed by atoms with Crippen molar-refractivity contribution < 1.29 is 9.66 Å². The highest BCUT2D eigenvalue weighted by atomic mass is 16.6. The molecule has 0 aliphatic rings. The van der Waals surface area contributed by atoms with Crippen LogP contribution in [0.15, 0.2) is 73.1 Å². The van der Waals surface area contributed by atoms with Gasteiger partial charge in [0, 0.05) is 17.8 Å². The van der Waals surface area contributed by atoms with Crippen molar-refractivity contribution in [3.8, 4) is 17.0 Å². The molecule has 0 spiro atoms. The molecule has 2 aromatic carbocycles. The third-order valence-corrected chi connectivity index (χ3v) is 4.85. The van der Waals surface area contributed by atoms with Crippen LogP contribution in [0.1, 0.15) is 30.9 Å². The van der Waals surface area contributed by atoms with Gasteiger partial charge in [-0.05, 0) is 47.4 Å². The summed E-state index contributed by atoms with van der Waals surface area (Å²) in [6, 6.07) is 19.3. The second-order valence-corrected chi connectivity index (χ2v) is 7.25. The van der Waals surface area contributed by atoms with Crippen LogP contribution in [0.25, 0.3) is 16.9 Å². The van der Waals surface area contributed by atoms with Crippen LogP contribution in [0.5, 0.6) is 5.75 Å². The second-order valence-electron chi connectivity index (χ2n) is 7.25. The van der Waals surface area contributed by atoms with Gasteiger partial charge in [0.2, 0.25) is 0 Å². The largest absolute Gasteiger partial charge is 0.489 e. The molecule has 0 unspecified atom stereocenters. The van der Waals surface area contributed by atoms with E-state index in [-0.39, 0.29) is 5.69 Å². The number of pyridine rings is 1. The van der Waals surface area contributed by atoms with Crippen molar-refractivity contribution in [2.45, 2.75) is 26.4 Å². The first-order valence-electron chi connectivity index (χ1n) is 9.45. The van der Waals surface area contributed by atoms with Crippen LogP contribution < -0.4 is 4.74 Å². The smallest absolute Gasteiger partial charge is 0.286 e. The average molecular weight is 387 g/mol. The van der Waals surface area contributed by atoms with Crippen molar-refractivity contribution in [3.63, 3.8) is 0 Å². The Labute approximate surface area is 168 Å². The number of ether oxygens (including phenoxy) is 1. The monoisotopic (exact) mass is 387 g/mol. The van der Waals surface area contributed by atoms with E-state index in [1.165, 1.54) is 17.8 Å². The lowest BCUT2D eigenvalue weighted by Gasteiger charge is -2.09. The first kappa shape index (κ1) is 18.7. The van der Waals surface area contributed by atoms with Gasteiger partial charge in [0.25, 0.3) is 5.69 Å². The topological polar surface area (TPSA) is 69.7 Å². The number of aromatic nitrogens is 2. The Morgan fingerprint density at radius 3 is 2.38 bits per heavy atom. The number of hydrogen-bond acceptors (Lipinski definition) is 4. The molecule has 4 rings (SSSR count). The van der Waals surface area contributed by atoms with Crippen LogP contribution in [-0.4, -0.2) is 14.3 Å². The summed E-state index contributed by atoms with van der Waals surface area (Å²) in [5, 5.41) is 10.9. The van der Waals surface area contributed by atoms with Crippen LogP contribution >= 0.6 is 0 Å². The predicted molar refractivity (Wildman–Crippen MR) is 112 cm³/mol. The van der Waals surface area contributed by atoms with E-state index < -0.39 is 4.92 Å². The minimum absolute atomic E-state index is 0.0339. The lowest BCUT2D eigenvalue weighted by molar-refractivity contribution is -0.385. The van der Waals surface area contributed by atoms with Gasteiger partial charge in [-0.15, -0.1) is 0 Å². The number of benzene rings is 2. The summed E-state index contributed by atoms with van der Waals surface area (Å²) in [6.07, 6.45) is 3.25. The Hall–Kier alpha value is -3.67. The maximum atomic E-state index is 10.9. The molecule has 0 bridgehead atoms. The average Bonchev–Trinajstić information content (AvgIpc) is 3.16. The molecular formula is C23H21N3O3. The molecule has 146 valence electrons. The fourth-order valence-electron chi connectivity index (χ4n) is 3.11. The van der Waals surface area contributed by atoms with E-state index in [4.69, 9.17) is 4.74 Å². The Kier molecular flexibility index (Phi) is 4.99. The zero-order chi connectivity index (χ0) is 20.4. The lowest BCUT2D eigenvalue weighted by Crippen LogP contribution is -1.96. The fourth-order valence-corrected chi connectivity index (χ4v) is 3.11.